The molecule has 3 aliphatic heterocycles. The van der Waals surface area contributed by atoms with E-state index >= 15 is 0 Å². The van der Waals surface area contributed by atoms with Crippen molar-refractivity contribution < 1.29 is 48.0 Å². The van der Waals surface area contributed by atoms with Crippen LogP contribution in [0.2, 0.25) is 0 Å². The van der Waals surface area contributed by atoms with Crippen molar-refractivity contribution in [1.82, 2.24) is 0 Å². The number of hydrogen-bond donors (Lipinski definition) is 1. The number of rotatable bonds is 9. The van der Waals surface area contributed by atoms with Crippen molar-refractivity contribution >= 4 is 23.9 Å². The van der Waals surface area contributed by atoms with Crippen LogP contribution in [0.1, 0.15) is 185 Å². The van der Waals surface area contributed by atoms with Gasteiger partial charge in [0.2, 0.25) is 0 Å². The molecule has 1 spiro atoms. The zero-order valence-corrected chi connectivity index (χ0v) is 36.4. The average Bonchev–Trinajstić information content (AvgIpc) is 3.89. The summed E-state index contributed by atoms with van der Waals surface area (Å²) >= 11 is 0. The Morgan fingerprint density at radius 2 is 1.21 bits per heavy atom. The van der Waals surface area contributed by atoms with E-state index in [4.69, 9.17) is 23.7 Å². The lowest BCUT2D eigenvalue weighted by Gasteiger charge is -2.59. The first-order chi connectivity index (χ1) is 26.0. The van der Waals surface area contributed by atoms with Gasteiger partial charge in [-0.15, -0.1) is 0 Å². The summed E-state index contributed by atoms with van der Waals surface area (Å²) < 4.78 is 28.6. The fraction of sp³-hybridized carbons (Fsp3) is 0.913. The summed E-state index contributed by atoms with van der Waals surface area (Å²) in [7, 11) is 0. The third-order valence-electron chi connectivity index (χ3n) is 16.2. The number of esters is 4. The Balaban J connectivity index is 0.000000142. The molecule has 6 aliphatic carbocycles. The Labute approximate surface area is 336 Å². The van der Waals surface area contributed by atoms with Gasteiger partial charge in [0, 0.05) is 11.8 Å². The Kier molecular flexibility index (Phi) is 12.0. The van der Waals surface area contributed by atoms with E-state index < -0.39 is 28.6 Å². The molecule has 9 aliphatic rings. The molecule has 9 rings (SSSR count). The van der Waals surface area contributed by atoms with Gasteiger partial charge < -0.3 is 28.8 Å². The van der Waals surface area contributed by atoms with Gasteiger partial charge in [0.05, 0.1) is 33.9 Å². The molecule has 8 atom stereocenters. The zero-order valence-electron chi connectivity index (χ0n) is 36.4. The molecule has 3 saturated heterocycles. The summed E-state index contributed by atoms with van der Waals surface area (Å²) in [5.74, 6) is 0.444. The van der Waals surface area contributed by atoms with E-state index in [0.29, 0.717) is 31.1 Å². The normalized spacial score (nSPS) is 38.6. The molecule has 9 fully saturated rings. The number of carbonyl (C=O) groups is 4. The minimum Gasteiger partial charge on any atom is -0.459 e. The van der Waals surface area contributed by atoms with Crippen LogP contribution in [-0.2, 0) is 42.9 Å². The van der Waals surface area contributed by atoms with E-state index in [1.165, 1.54) is 51.4 Å². The second-order valence-electron chi connectivity index (χ2n) is 21.5. The topological polar surface area (TPSA) is 135 Å². The van der Waals surface area contributed by atoms with Gasteiger partial charge in [0.1, 0.15) is 17.3 Å². The molecule has 0 aromatic heterocycles. The predicted molar refractivity (Wildman–Crippen MR) is 211 cm³/mol. The Morgan fingerprint density at radius 1 is 0.714 bits per heavy atom. The van der Waals surface area contributed by atoms with E-state index in [9.17, 15) is 24.3 Å². The molecule has 0 amide bonds. The molecule has 56 heavy (non-hydrogen) atoms. The Bertz CT molecular complexity index is 1480. The molecule has 10 heteroatoms. The van der Waals surface area contributed by atoms with Crippen molar-refractivity contribution in [1.29, 1.82) is 0 Å². The van der Waals surface area contributed by atoms with Gasteiger partial charge in [-0.1, -0.05) is 40.0 Å². The smallest absolute Gasteiger partial charge is 0.312 e. The summed E-state index contributed by atoms with van der Waals surface area (Å²) in [6.45, 7) is 19.9. The summed E-state index contributed by atoms with van der Waals surface area (Å²) in [5, 5.41) is 10.6. The van der Waals surface area contributed by atoms with E-state index in [1.54, 1.807) is 0 Å². The van der Waals surface area contributed by atoms with Crippen LogP contribution in [0.25, 0.3) is 0 Å². The molecule has 6 saturated carbocycles. The third kappa shape index (κ3) is 8.18. The Morgan fingerprint density at radius 3 is 1.73 bits per heavy atom. The zero-order chi connectivity index (χ0) is 41.1. The molecule has 0 radical (unpaired) electrons. The van der Waals surface area contributed by atoms with Crippen LogP contribution in [0.3, 0.4) is 0 Å². The fourth-order valence-electron chi connectivity index (χ4n) is 11.5. The summed E-state index contributed by atoms with van der Waals surface area (Å²) in [6, 6.07) is 0. The summed E-state index contributed by atoms with van der Waals surface area (Å²) in [4.78, 5) is 48.5. The van der Waals surface area contributed by atoms with Gasteiger partial charge in [-0.3, -0.25) is 19.2 Å². The average molecular weight is 787 g/mol. The minimum atomic E-state index is -0.555. The maximum atomic E-state index is 12.5. The number of aliphatic hydroxyl groups is 1. The van der Waals surface area contributed by atoms with E-state index in [1.807, 2.05) is 55.4 Å². The number of ether oxygens (including phenoxy) is 5. The quantitative estimate of drug-likeness (QED) is 0.178. The molecule has 3 heterocycles. The van der Waals surface area contributed by atoms with E-state index in [2.05, 4.69) is 13.8 Å². The minimum absolute atomic E-state index is 0.00525. The Hall–Kier alpha value is -2.20. The second-order valence-corrected chi connectivity index (χ2v) is 21.5. The first-order valence-corrected chi connectivity index (χ1v) is 22.3. The van der Waals surface area contributed by atoms with Crippen LogP contribution in [0.5, 0.6) is 0 Å². The molecule has 0 aromatic carbocycles. The highest BCUT2D eigenvalue weighted by Crippen LogP contribution is 2.60. The second kappa shape index (κ2) is 15.4. The summed E-state index contributed by atoms with van der Waals surface area (Å²) in [5.41, 5.74) is -2.12. The van der Waals surface area contributed by atoms with Crippen LogP contribution in [-0.4, -0.2) is 70.2 Å². The van der Waals surface area contributed by atoms with Gasteiger partial charge in [-0.25, -0.2) is 0 Å². The summed E-state index contributed by atoms with van der Waals surface area (Å²) in [6.07, 6.45) is 17.4. The number of carbonyl (C=O) groups excluding carboxylic acids is 4. The molecule has 10 nitrogen and oxygen atoms in total. The highest BCUT2D eigenvalue weighted by molar-refractivity contribution is 5.79. The maximum absolute atomic E-state index is 12.5. The molecular weight excluding hydrogens is 712 g/mol. The largest absolute Gasteiger partial charge is 0.459 e. The van der Waals surface area contributed by atoms with E-state index in [0.717, 1.165) is 44.9 Å². The molecular formula is C46H74O10. The number of fused-ring (bicyclic) bond motifs is 1. The van der Waals surface area contributed by atoms with Crippen LogP contribution in [0.4, 0.5) is 0 Å². The maximum Gasteiger partial charge on any atom is 0.312 e. The lowest BCUT2D eigenvalue weighted by Crippen LogP contribution is -2.61. The standard InChI is InChI=1S/C17H30O2.C16H26O3.C13H18O5/c1-5-15(2,3)14(18)19-16(4)10-6-7-11-17(16)12-8-9-13-17;1-4-14(2,3)13(17)19-16-8-11-5-12(9-16)7-15(18,6-11)10-16;1-4-13(2,3)12(15)18-9-7-5-6-8(16-7)10(9)17-11(6)14/h5-13H2,1-4H3;11-12,18H,4-10H2,1-3H3;6-10H,4-5H2,1-3H3. The molecule has 8 unspecified atom stereocenters. The van der Waals surface area contributed by atoms with Crippen molar-refractivity contribution in [3.63, 3.8) is 0 Å². The van der Waals surface area contributed by atoms with E-state index in [-0.39, 0.29) is 64.0 Å². The van der Waals surface area contributed by atoms with Gasteiger partial charge in [0.15, 0.2) is 12.2 Å². The molecule has 318 valence electrons. The molecule has 1 N–H and O–H groups in total. The third-order valence-corrected chi connectivity index (χ3v) is 16.2. The van der Waals surface area contributed by atoms with Crippen molar-refractivity contribution in [3.8, 4) is 0 Å². The van der Waals surface area contributed by atoms with Crippen molar-refractivity contribution in [2.75, 3.05) is 0 Å². The molecule has 0 aromatic rings. The van der Waals surface area contributed by atoms with Crippen LogP contribution < -0.4 is 0 Å². The highest BCUT2D eigenvalue weighted by atomic mass is 16.7. The highest BCUT2D eigenvalue weighted by Gasteiger charge is 2.65. The monoisotopic (exact) mass is 787 g/mol. The van der Waals surface area contributed by atoms with Crippen molar-refractivity contribution in [3.05, 3.63) is 0 Å². The first-order valence-electron chi connectivity index (χ1n) is 22.3. The van der Waals surface area contributed by atoms with Crippen molar-refractivity contribution in [2.24, 2.45) is 39.4 Å². The first kappa shape index (κ1) is 43.4. The van der Waals surface area contributed by atoms with Crippen LogP contribution >= 0.6 is 0 Å². The predicted octanol–water partition coefficient (Wildman–Crippen LogP) is 8.96. The van der Waals surface area contributed by atoms with Crippen LogP contribution in [0, 0.1) is 39.4 Å². The fourth-order valence-corrected chi connectivity index (χ4v) is 11.5. The lowest BCUT2D eigenvalue weighted by molar-refractivity contribution is -0.225. The van der Waals surface area contributed by atoms with Gasteiger partial charge in [0.25, 0.3) is 0 Å². The van der Waals surface area contributed by atoms with Gasteiger partial charge in [-0.05, 0) is 150 Å². The van der Waals surface area contributed by atoms with Gasteiger partial charge >= 0.3 is 23.9 Å². The van der Waals surface area contributed by atoms with Crippen molar-refractivity contribution in [2.45, 2.75) is 226 Å². The van der Waals surface area contributed by atoms with Crippen LogP contribution in [0.15, 0.2) is 0 Å². The number of hydrogen-bond acceptors (Lipinski definition) is 10. The molecule has 6 bridgehead atoms. The van der Waals surface area contributed by atoms with Gasteiger partial charge in [-0.2, -0.15) is 0 Å². The lowest BCUT2D eigenvalue weighted by atomic mass is 9.52. The SMILES string of the molecule is CCC(C)(C)C(=O)OC1(C)CCCCC12CCCC2.CCC(C)(C)C(=O)OC12CC3CC(CC(O)(C3)C1)C2.CCC(C)(C)C(=O)OC1C2CC3C(=O)OC1C3O2.